The number of nitrogens with one attached hydrogen (secondary N) is 1. The van der Waals surface area contributed by atoms with Gasteiger partial charge in [-0.25, -0.2) is 0 Å². The Morgan fingerprint density at radius 1 is 0.966 bits per heavy atom. The molecule has 0 saturated carbocycles. The van der Waals surface area contributed by atoms with Crippen molar-refractivity contribution in [3.63, 3.8) is 0 Å². The fraction of sp³-hybridized carbons (Fsp3) is 0.273. The summed E-state index contributed by atoms with van der Waals surface area (Å²) in [7, 11) is 0. The minimum absolute atomic E-state index is 0.183. The van der Waals surface area contributed by atoms with Gasteiger partial charge in [-0.15, -0.1) is 10.2 Å². The van der Waals surface area contributed by atoms with E-state index in [-0.39, 0.29) is 11.8 Å². The molecule has 1 aliphatic heterocycles. The van der Waals surface area contributed by atoms with E-state index >= 15 is 0 Å². The van der Waals surface area contributed by atoms with E-state index in [2.05, 4.69) is 15.5 Å². The highest BCUT2D eigenvalue weighted by atomic mass is 16.2. The van der Waals surface area contributed by atoms with Crippen LogP contribution in [0.2, 0.25) is 0 Å². The molecule has 1 fully saturated rings. The first-order chi connectivity index (χ1) is 14.2. The lowest BCUT2D eigenvalue weighted by Crippen LogP contribution is -2.27. The van der Waals surface area contributed by atoms with Gasteiger partial charge in [0, 0.05) is 36.4 Å². The van der Waals surface area contributed by atoms with Gasteiger partial charge in [0.25, 0.3) is 5.91 Å². The summed E-state index contributed by atoms with van der Waals surface area (Å²) in [6, 6.07) is 14.9. The lowest BCUT2D eigenvalue weighted by molar-refractivity contribution is -0.130. The minimum atomic E-state index is -0.183. The summed E-state index contributed by atoms with van der Waals surface area (Å²) < 4.78 is 1.75. The molecule has 1 aromatic heterocycles. The van der Waals surface area contributed by atoms with Crippen LogP contribution < -0.4 is 5.32 Å². The molecule has 1 N–H and O–H groups in total. The number of likely N-dealkylation sites (tertiary alicyclic amines) is 1. The maximum atomic E-state index is 12.6. The van der Waals surface area contributed by atoms with Crippen molar-refractivity contribution in [2.75, 3.05) is 18.4 Å². The topological polar surface area (TPSA) is 80.1 Å². The molecule has 2 amide bonds. The van der Waals surface area contributed by atoms with Gasteiger partial charge in [0.2, 0.25) is 5.91 Å². The van der Waals surface area contributed by atoms with Crippen LogP contribution in [0, 0.1) is 0 Å². The van der Waals surface area contributed by atoms with Gasteiger partial charge in [-0.2, -0.15) is 0 Å². The van der Waals surface area contributed by atoms with Crippen molar-refractivity contribution in [2.45, 2.75) is 25.7 Å². The second-order valence-corrected chi connectivity index (χ2v) is 7.16. The van der Waals surface area contributed by atoms with Crippen molar-refractivity contribution < 1.29 is 9.59 Å². The maximum Gasteiger partial charge on any atom is 0.255 e. The van der Waals surface area contributed by atoms with Crippen LogP contribution in [0.5, 0.6) is 0 Å². The number of rotatable bonds is 6. The number of carbonyl (C=O) groups excluding carboxylic acids is 2. The third-order valence-electron chi connectivity index (χ3n) is 5.12. The predicted octanol–water partition coefficient (Wildman–Crippen LogP) is 3.07. The summed E-state index contributed by atoms with van der Waals surface area (Å²) in [6.45, 7) is 1.78. The Balaban J connectivity index is 1.34. The third kappa shape index (κ3) is 4.68. The summed E-state index contributed by atoms with van der Waals surface area (Å²) >= 11 is 0. The van der Waals surface area contributed by atoms with Crippen molar-refractivity contribution in [1.29, 1.82) is 0 Å². The molecular formula is C22H23N5O2. The highest BCUT2D eigenvalue weighted by molar-refractivity contribution is 6.04. The largest absolute Gasteiger partial charge is 0.343 e. The van der Waals surface area contributed by atoms with Crippen LogP contribution in [0.15, 0.2) is 61.2 Å². The standard InChI is InChI=1S/C22H23N5O2/c28-21(26-12-1-2-13-26)11-8-17-6-9-19(10-7-17)25-22(29)18-4-3-5-20(14-18)27-15-23-24-16-27/h3-7,9-10,14-16H,1-2,8,11-13H2,(H,25,29). The molecule has 1 saturated heterocycles. The quantitative estimate of drug-likeness (QED) is 0.703. The molecule has 0 unspecified atom stereocenters. The van der Waals surface area contributed by atoms with Gasteiger partial charge in [-0.1, -0.05) is 18.2 Å². The molecule has 0 spiro atoms. The summed E-state index contributed by atoms with van der Waals surface area (Å²) in [4.78, 5) is 26.7. The van der Waals surface area contributed by atoms with Crippen molar-refractivity contribution in [3.05, 3.63) is 72.3 Å². The zero-order valence-corrected chi connectivity index (χ0v) is 16.1. The summed E-state index contributed by atoms with van der Waals surface area (Å²) in [5.41, 5.74) is 3.18. The van der Waals surface area contributed by atoms with Crippen LogP contribution in [-0.4, -0.2) is 44.6 Å². The molecular weight excluding hydrogens is 366 g/mol. The van der Waals surface area contributed by atoms with E-state index in [9.17, 15) is 9.59 Å². The van der Waals surface area contributed by atoms with Crippen LogP contribution in [0.3, 0.4) is 0 Å². The molecule has 29 heavy (non-hydrogen) atoms. The number of amides is 2. The van der Waals surface area contributed by atoms with Crippen molar-refractivity contribution in [1.82, 2.24) is 19.7 Å². The molecule has 7 nitrogen and oxygen atoms in total. The third-order valence-corrected chi connectivity index (χ3v) is 5.12. The Morgan fingerprint density at radius 2 is 1.69 bits per heavy atom. The molecule has 0 aliphatic carbocycles. The minimum Gasteiger partial charge on any atom is -0.343 e. The normalized spacial score (nSPS) is 13.4. The van der Waals surface area contributed by atoms with Crippen molar-refractivity contribution in [3.8, 4) is 5.69 Å². The van der Waals surface area contributed by atoms with E-state index in [0.717, 1.165) is 42.9 Å². The van der Waals surface area contributed by atoms with Crippen LogP contribution >= 0.6 is 0 Å². The highest BCUT2D eigenvalue weighted by Gasteiger charge is 2.17. The van der Waals surface area contributed by atoms with Crippen LogP contribution in [0.4, 0.5) is 5.69 Å². The van der Waals surface area contributed by atoms with Gasteiger partial charge in [-0.3, -0.25) is 14.2 Å². The highest BCUT2D eigenvalue weighted by Crippen LogP contribution is 2.16. The van der Waals surface area contributed by atoms with Gasteiger partial charge < -0.3 is 10.2 Å². The second-order valence-electron chi connectivity index (χ2n) is 7.16. The lowest BCUT2D eigenvalue weighted by atomic mass is 10.1. The van der Waals surface area contributed by atoms with Gasteiger partial charge in [0.05, 0.1) is 0 Å². The molecule has 1 aliphatic rings. The Morgan fingerprint density at radius 3 is 2.41 bits per heavy atom. The lowest BCUT2D eigenvalue weighted by Gasteiger charge is -2.15. The average Bonchev–Trinajstić information content (AvgIpc) is 3.47. The molecule has 4 rings (SSSR count). The smallest absolute Gasteiger partial charge is 0.255 e. The Labute approximate surface area is 169 Å². The van der Waals surface area contributed by atoms with E-state index in [0.29, 0.717) is 18.4 Å². The first-order valence-corrected chi connectivity index (χ1v) is 9.82. The zero-order valence-electron chi connectivity index (χ0n) is 16.1. The summed E-state index contributed by atoms with van der Waals surface area (Å²) in [5, 5.41) is 10.5. The first-order valence-electron chi connectivity index (χ1n) is 9.82. The Kier molecular flexibility index (Phi) is 5.65. The summed E-state index contributed by atoms with van der Waals surface area (Å²) in [5.74, 6) is 0.0461. The van der Waals surface area contributed by atoms with Gasteiger partial charge in [0.1, 0.15) is 12.7 Å². The number of aromatic nitrogens is 3. The predicted molar refractivity (Wildman–Crippen MR) is 110 cm³/mol. The van der Waals surface area contributed by atoms with Crippen molar-refractivity contribution in [2.24, 2.45) is 0 Å². The maximum absolute atomic E-state index is 12.6. The molecule has 0 bridgehead atoms. The Bertz CT molecular complexity index is 977. The van der Waals surface area contributed by atoms with Gasteiger partial charge in [-0.05, 0) is 55.2 Å². The molecule has 3 aromatic rings. The average molecular weight is 389 g/mol. The number of hydrogen-bond acceptors (Lipinski definition) is 4. The second kappa shape index (κ2) is 8.68. The van der Waals surface area contributed by atoms with E-state index < -0.39 is 0 Å². The molecule has 0 radical (unpaired) electrons. The van der Waals surface area contributed by atoms with Gasteiger partial charge in [0.15, 0.2) is 0 Å². The molecule has 2 aromatic carbocycles. The van der Waals surface area contributed by atoms with Crippen LogP contribution in [-0.2, 0) is 11.2 Å². The number of aryl methyl sites for hydroxylation is 1. The van der Waals surface area contributed by atoms with E-state index in [1.54, 1.807) is 29.4 Å². The van der Waals surface area contributed by atoms with Crippen LogP contribution in [0.1, 0.15) is 35.2 Å². The number of anilines is 1. The summed E-state index contributed by atoms with van der Waals surface area (Å²) in [6.07, 6.45) is 6.64. The van der Waals surface area contributed by atoms with Crippen LogP contribution in [0.25, 0.3) is 5.69 Å². The number of carbonyl (C=O) groups is 2. The number of benzene rings is 2. The fourth-order valence-corrected chi connectivity index (χ4v) is 3.48. The zero-order chi connectivity index (χ0) is 20.1. The number of nitrogens with zero attached hydrogens (tertiary/aromatic N) is 4. The molecule has 148 valence electrons. The molecule has 7 heteroatoms. The van der Waals surface area contributed by atoms with E-state index in [4.69, 9.17) is 0 Å². The molecule has 0 atom stereocenters. The monoisotopic (exact) mass is 389 g/mol. The molecule has 2 heterocycles. The van der Waals surface area contributed by atoms with E-state index in [1.807, 2.05) is 41.3 Å². The van der Waals surface area contributed by atoms with E-state index in [1.165, 1.54) is 0 Å². The van der Waals surface area contributed by atoms with Crippen molar-refractivity contribution >= 4 is 17.5 Å². The first kappa shape index (κ1) is 18.9. The fourth-order valence-electron chi connectivity index (χ4n) is 3.48. The number of hydrogen-bond donors (Lipinski definition) is 1. The Hall–Kier alpha value is -3.48. The van der Waals surface area contributed by atoms with Gasteiger partial charge >= 0.3 is 0 Å². The SMILES string of the molecule is O=C(Nc1ccc(CCC(=O)N2CCCC2)cc1)c1cccc(-n2cnnc2)c1.